The monoisotopic (exact) mass is 644 g/mol. The first-order chi connectivity index (χ1) is 24.5. The first kappa shape index (κ1) is 27.7. The molecule has 0 aliphatic carbocycles. The number of nitrogens with zero attached hydrogens (tertiary/aromatic N) is 2. The van der Waals surface area contributed by atoms with E-state index in [0.29, 0.717) is 0 Å². The maximum absolute atomic E-state index is 7.36. The maximum atomic E-state index is 7.36. The quantitative estimate of drug-likeness (QED) is 0.176. The van der Waals surface area contributed by atoms with Gasteiger partial charge in [-0.25, -0.2) is 0 Å². The lowest BCUT2D eigenvalue weighted by Gasteiger charge is -2.16. The third-order valence-corrected chi connectivity index (χ3v) is 11.0. The van der Waals surface area contributed by atoms with Crippen molar-refractivity contribution in [1.82, 2.24) is 8.80 Å². The molecule has 0 amide bonds. The zero-order valence-electron chi connectivity index (χ0n) is 28.3. The molecule has 0 unspecified atom stereocenters. The number of aryl methyl sites for hydroxylation is 4. The van der Waals surface area contributed by atoms with Crippen LogP contribution in [0, 0.1) is 27.7 Å². The predicted octanol–water partition coefficient (Wildman–Crippen LogP) is 12.9. The fourth-order valence-corrected chi connectivity index (χ4v) is 9.00. The van der Waals surface area contributed by atoms with Crippen LogP contribution in [0.2, 0.25) is 0 Å². The van der Waals surface area contributed by atoms with Gasteiger partial charge in [0.05, 0.1) is 32.8 Å². The number of hydrogen-bond acceptors (Lipinski definition) is 2. The molecule has 0 bridgehead atoms. The molecule has 0 spiro atoms. The van der Waals surface area contributed by atoms with Crippen molar-refractivity contribution in [3.8, 4) is 22.3 Å². The highest BCUT2D eigenvalue weighted by molar-refractivity contribution is 6.35. The molecule has 11 aromatic rings. The normalized spacial score (nSPS) is 12.4. The van der Waals surface area contributed by atoms with Gasteiger partial charge in [-0.3, -0.25) is 0 Å². The van der Waals surface area contributed by atoms with E-state index >= 15 is 0 Å². The summed E-state index contributed by atoms with van der Waals surface area (Å²) in [6, 6.07) is 43.5. The first-order valence-electron chi connectivity index (χ1n) is 17.3. The number of hydrogen-bond donors (Lipinski definition) is 0. The molecule has 0 saturated heterocycles. The van der Waals surface area contributed by atoms with Gasteiger partial charge in [-0.15, -0.1) is 0 Å². The van der Waals surface area contributed by atoms with Crippen LogP contribution in [0.5, 0.6) is 0 Å². The van der Waals surface area contributed by atoms with E-state index in [2.05, 4.69) is 158 Å². The number of benzene rings is 7. The minimum atomic E-state index is 0.869. The van der Waals surface area contributed by atoms with Crippen molar-refractivity contribution in [2.75, 3.05) is 0 Å². The second kappa shape index (κ2) is 9.67. The van der Waals surface area contributed by atoms with E-state index in [1.807, 2.05) is 0 Å². The van der Waals surface area contributed by atoms with E-state index in [-0.39, 0.29) is 0 Å². The Morgan fingerprint density at radius 1 is 0.360 bits per heavy atom. The van der Waals surface area contributed by atoms with Crippen LogP contribution in [-0.2, 0) is 0 Å². The van der Waals surface area contributed by atoms with Crippen LogP contribution >= 0.6 is 0 Å². The summed E-state index contributed by atoms with van der Waals surface area (Å²) < 4.78 is 19.5. The Kier molecular flexibility index (Phi) is 5.35. The Morgan fingerprint density at radius 3 is 1.14 bits per heavy atom. The highest BCUT2D eigenvalue weighted by atomic mass is 16.3. The molecular formula is C46H32N2O2. The molecule has 0 N–H and O–H groups in total. The summed E-state index contributed by atoms with van der Waals surface area (Å²) in [4.78, 5) is 0. The van der Waals surface area contributed by atoms with E-state index in [9.17, 15) is 0 Å². The first-order valence-corrected chi connectivity index (χ1v) is 17.3. The standard InChI is InChI=1S/C46H32N2O2/c1-25-13-9-14-26(2)37(25)31-19-11-23-35-43(31)49-45-39-30-18-6-8-22-34(30)48-36-24-12-20-32(38-27(3)15-10-16-28(38)4)44(36)50-46(42(39)48)40-29-17-5-7-21-33(29)47(35)41(40)45/h5-24H,1-4H3. The second-order valence-electron chi connectivity index (χ2n) is 13.9. The lowest BCUT2D eigenvalue weighted by molar-refractivity contribution is 0.654. The topological polar surface area (TPSA) is 35.1 Å². The highest BCUT2D eigenvalue weighted by Gasteiger charge is 2.28. The van der Waals surface area contributed by atoms with Crippen LogP contribution in [0.25, 0.3) is 99.2 Å². The fraction of sp³-hybridized carbons (Fsp3) is 0.0870. The van der Waals surface area contributed by atoms with Crippen LogP contribution < -0.4 is 0 Å². The van der Waals surface area contributed by atoms with Crippen LogP contribution in [0.1, 0.15) is 22.3 Å². The van der Waals surface area contributed by atoms with Gasteiger partial charge in [-0.1, -0.05) is 97.1 Å². The Bertz CT molecular complexity index is 2990. The van der Waals surface area contributed by atoms with Crippen molar-refractivity contribution in [2.45, 2.75) is 27.7 Å². The van der Waals surface area contributed by atoms with E-state index in [1.165, 1.54) is 33.4 Å². The van der Waals surface area contributed by atoms with Gasteiger partial charge in [-0.2, -0.15) is 0 Å². The molecule has 4 aromatic heterocycles. The van der Waals surface area contributed by atoms with Crippen molar-refractivity contribution >= 4 is 77.0 Å². The van der Waals surface area contributed by atoms with Crippen LogP contribution in [0.3, 0.4) is 0 Å². The second-order valence-corrected chi connectivity index (χ2v) is 13.9. The van der Waals surface area contributed by atoms with E-state index in [1.54, 1.807) is 0 Å². The number of fused-ring (bicyclic) bond motifs is 12. The van der Waals surface area contributed by atoms with E-state index in [0.717, 1.165) is 88.1 Å². The highest BCUT2D eigenvalue weighted by Crippen LogP contribution is 2.49. The third-order valence-electron chi connectivity index (χ3n) is 11.0. The fourth-order valence-electron chi connectivity index (χ4n) is 9.00. The van der Waals surface area contributed by atoms with Gasteiger partial charge in [-0.05, 0) is 85.3 Å². The Hall–Kier alpha value is -6.26. The maximum Gasteiger partial charge on any atom is 0.162 e. The summed E-state index contributed by atoms with van der Waals surface area (Å²) in [5.74, 6) is 0. The van der Waals surface area contributed by atoms with Gasteiger partial charge in [0.2, 0.25) is 0 Å². The Labute approximate surface area is 287 Å². The summed E-state index contributed by atoms with van der Waals surface area (Å²) in [6.45, 7) is 8.75. The summed E-state index contributed by atoms with van der Waals surface area (Å²) >= 11 is 0. The van der Waals surface area contributed by atoms with Crippen molar-refractivity contribution < 1.29 is 8.83 Å². The summed E-state index contributed by atoms with van der Waals surface area (Å²) in [5, 5.41) is 4.41. The molecule has 50 heavy (non-hydrogen) atoms. The van der Waals surface area contributed by atoms with Crippen molar-refractivity contribution in [1.29, 1.82) is 0 Å². The molecule has 4 heterocycles. The molecule has 7 aromatic carbocycles. The van der Waals surface area contributed by atoms with Gasteiger partial charge in [0.15, 0.2) is 22.3 Å². The molecular weight excluding hydrogens is 613 g/mol. The molecule has 4 heteroatoms. The molecule has 0 aliphatic rings. The summed E-state index contributed by atoms with van der Waals surface area (Å²) in [5.41, 5.74) is 19.4. The smallest absolute Gasteiger partial charge is 0.162 e. The number of aromatic nitrogens is 2. The molecule has 0 atom stereocenters. The van der Waals surface area contributed by atoms with Gasteiger partial charge < -0.3 is 17.6 Å². The zero-order valence-corrected chi connectivity index (χ0v) is 28.3. The molecule has 11 rings (SSSR count). The van der Waals surface area contributed by atoms with Crippen molar-refractivity contribution in [3.63, 3.8) is 0 Å². The Morgan fingerprint density at radius 2 is 0.720 bits per heavy atom. The SMILES string of the molecule is Cc1cccc(C)c1-c1cccc2c1oc1c3c4ccccc4n4c5cccc(-c6c(C)cccc6C)c5oc(c5c6ccccc6n2c15)c34. The lowest BCUT2D eigenvalue weighted by atomic mass is 9.95. The van der Waals surface area contributed by atoms with Gasteiger partial charge in [0.1, 0.15) is 11.0 Å². The molecule has 4 nitrogen and oxygen atoms in total. The average molecular weight is 645 g/mol. The van der Waals surface area contributed by atoms with Crippen molar-refractivity contribution in [2.24, 2.45) is 0 Å². The summed E-state index contributed by atoms with van der Waals surface area (Å²) in [7, 11) is 0. The zero-order chi connectivity index (χ0) is 33.4. The minimum Gasteiger partial charge on any atom is -0.452 e. The van der Waals surface area contributed by atoms with Gasteiger partial charge in [0.25, 0.3) is 0 Å². The van der Waals surface area contributed by atoms with Crippen LogP contribution in [0.15, 0.2) is 130 Å². The molecule has 238 valence electrons. The Balaban J connectivity index is 1.46. The van der Waals surface area contributed by atoms with Crippen molar-refractivity contribution in [3.05, 3.63) is 144 Å². The third kappa shape index (κ3) is 3.35. The average Bonchev–Trinajstić information content (AvgIpc) is 3.66. The minimum absolute atomic E-state index is 0.869. The molecule has 0 fully saturated rings. The van der Waals surface area contributed by atoms with Gasteiger partial charge in [0, 0.05) is 21.9 Å². The molecule has 0 aliphatic heterocycles. The number of rotatable bonds is 2. The predicted molar refractivity (Wildman–Crippen MR) is 208 cm³/mol. The van der Waals surface area contributed by atoms with E-state index < -0.39 is 0 Å². The number of para-hydroxylation sites is 4. The molecule has 0 radical (unpaired) electrons. The largest absolute Gasteiger partial charge is 0.452 e. The van der Waals surface area contributed by atoms with Crippen LogP contribution in [0.4, 0.5) is 0 Å². The molecule has 0 saturated carbocycles. The van der Waals surface area contributed by atoms with Gasteiger partial charge >= 0.3 is 0 Å². The summed E-state index contributed by atoms with van der Waals surface area (Å²) in [6.07, 6.45) is 0. The van der Waals surface area contributed by atoms with Crippen LogP contribution in [-0.4, -0.2) is 8.80 Å². The van der Waals surface area contributed by atoms with E-state index in [4.69, 9.17) is 8.83 Å². The lowest BCUT2D eigenvalue weighted by Crippen LogP contribution is -1.96.